The Morgan fingerprint density at radius 3 is 2.44 bits per heavy atom. The summed E-state index contributed by atoms with van der Waals surface area (Å²) in [6, 6.07) is 0. The number of hydrogen-bond donors (Lipinski definition) is 2. The van der Waals surface area contributed by atoms with E-state index in [9.17, 15) is 9.90 Å². The van der Waals surface area contributed by atoms with Crippen molar-refractivity contribution < 1.29 is 19.7 Å². The van der Waals surface area contributed by atoms with Gasteiger partial charge < -0.3 is 14.9 Å². The molecule has 2 unspecified atom stereocenters. The molecule has 0 rings (SSSR count). The van der Waals surface area contributed by atoms with E-state index in [0.717, 1.165) is 25.7 Å². The Bertz CT molecular complexity index is 182. The molecule has 0 aromatic rings. The summed E-state index contributed by atoms with van der Waals surface area (Å²) in [7, 11) is 1.33. The lowest BCUT2D eigenvalue weighted by molar-refractivity contribution is -0.150. The zero-order valence-electron chi connectivity index (χ0n) is 10.3. The van der Waals surface area contributed by atoms with Crippen LogP contribution in [0.15, 0.2) is 0 Å². The molecule has 0 aliphatic carbocycles. The minimum absolute atomic E-state index is 0.108. The maximum Gasteiger partial charge on any atom is 0.311 e. The first kappa shape index (κ1) is 15.4. The Morgan fingerprint density at radius 1 is 1.25 bits per heavy atom. The number of methoxy groups -OCH3 is 1. The van der Waals surface area contributed by atoms with Crippen LogP contribution in [0.1, 0.15) is 45.4 Å². The minimum atomic E-state index is -0.793. The molecule has 0 aromatic heterocycles. The first-order valence-corrected chi connectivity index (χ1v) is 6.04. The third-order valence-corrected chi connectivity index (χ3v) is 2.76. The molecule has 0 aliphatic rings. The van der Waals surface area contributed by atoms with E-state index in [2.05, 4.69) is 11.7 Å². The third kappa shape index (κ3) is 6.08. The second-order valence-corrected chi connectivity index (χ2v) is 4.06. The number of rotatable bonds is 9. The van der Waals surface area contributed by atoms with Gasteiger partial charge in [0.2, 0.25) is 0 Å². The highest BCUT2D eigenvalue weighted by Gasteiger charge is 2.26. The Labute approximate surface area is 97.6 Å². The summed E-state index contributed by atoms with van der Waals surface area (Å²) in [5, 5.41) is 18.4. The van der Waals surface area contributed by atoms with E-state index in [0.29, 0.717) is 6.42 Å². The van der Waals surface area contributed by atoms with E-state index in [1.807, 2.05) is 0 Å². The van der Waals surface area contributed by atoms with Gasteiger partial charge in [0.15, 0.2) is 0 Å². The minimum Gasteiger partial charge on any atom is -0.469 e. The van der Waals surface area contributed by atoms with Gasteiger partial charge in [-0.25, -0.2) is 0 Å². The van der Waals surface area contributed by atoms with Gasteiger partial charge in [0.1, 0.15) is 0 Å². The van der Waals surface area contributed by atoms with Crippen LogP contribution in [-0.2, 0) is 9.53 Å². The van der Waals surface area contributed by atoms with Crippen molar-refractivity contribution in [3.05, 3.63) is 0 Å². The normalized spacial score (nSPS) is 14.5. The van der Waals surface area contributed by atoms with E-state index < -0.39 is 12.0 Å². The van der Waals surface area contributed by atoms with Crippen molar-refractivity contribution in [2.45, 2.75) is 51.6 Å². The van der Waals surface area contributed by atoms with Gasteiger partial charge in [0.25, 0.3) is 0 Å². The largest absolute Gasteiger partial charge is 0.469 e. The highest BCUT2D eigenvalue weighted by Crippen LogP contribution is 2.18. The molecule has 96 valence electrons. The summed E-state index contributed by atoms with van der Waals surface area (Å²) in [5.41, 5.74) is 0. The zero-order chi connectivity index (χ0) is 12.4. The second-order valence-electron chi connectivity index (χ2n) is 4.06. The summed E-state index contributed by atoms with van der Waals surface area (Å²) in [6.07, 6.45) is 4.33. The first-order chi connectivity index (χ1) is 7.67. The van der Waals surface area contributed by atoms with Crippen LogP contribution in [0, 0.1) is 5.92 Å². The van der Waals surface area contributed by atoms with Gasteiger partial charge in [0, 0.05) is 6.61 Å². The van der Waals surface area contributed by atoms with Crippen LogP contribution >= 0.6 is 0 Å². The number of aliphatic hydroxyl groups excluding tert-OH is 2. The molecule has 0 saturated carbocycles. The number of ether oxygens (including phenoxy) is 1. The monoisotopic (exact) mass is 232 g/mol. The summed E-state index contributed by atoms with van der Waals surface area (Å²) < 4.78 is 4.66. The molecule has 0 saturated heterocycles. The Morgan fingerprint density at radius 2 is 1.94 bits per heavy atom. The van der Waals surface area contributed by atoms with Crippen LogP contribution in [0.4, 0.5) is 0 Å². The van der Waals surface area contributed by atoms with Crippen molar-refractivity contribution in [2.75, 3.05) is 13.7 Å². The van der Waals surface area contributed by atoms with Crippen LogP contribution in [0.5, 0.6) is 0 Å². The molecule has 0 fully saturated rings. The van der Waals surface area contributed by atoms with Crippen molar-refractivity contribution in [1.29, 1.82) is 0 Å². The number of hydrogen-bond acceptors (Lipinski definition) is 4. The molecule has 0 amide bonds. The first-order valence-electron chi connectivity index (χ1n) is 6.04. The Balaban J connectivity index is 4.05. The number of unbranched alkanes of at least 4 members (excludes halogenated alkanes) is 3. The van der Waals surface area contributed by atoms with E-state index in [4.69, 9.17) is 5.11 Å². The van der Waals surface area contributed by atoms with Crippen LogP contribution in [0.2, 0.25) is 0 Å². The standard InChI is InChI=1S/C12H24O4/c1-3-4-5-6-7-10(12(15)16-2)11(14)8-9-13/h10-11,13-14H,3-9H2,1-2H3. The average Bonchev–Trinajstić information content (AvgIpc) is 2.28. The van der Waals surface area contributed by atoms with Gasteiger partial charge in [-0.3, -0.25) is 4.79 Å². The number of carbonyl (C=O) groups is 1. The zero-order valence-corrected chi connectivity index (χ0v) is 10.3. The quantitative estimate of drug-likeness (QED) is 0.467. The topological polar surface area (TPSA) is 66.8 Å². The fraction of sp³-hybridized carbons (Fsp3) is 0.917. The maximum absolute atomic E-state index is 11.4. The van der Waals surface area contributed by atoms with Gasteiger partial charge in [0.05, 0.1) is 19.1 Å². The van der Waals surface area contributed by atoms with E-state index in [1.165, 1.54) is 7.11 Å². The molecule has 0 heterocycles. The van der Waals surface area contributed by atoms with Gasteiger partial charge >= 0.3 is 5.97 Å². The lowest BCUT2D eigenvalue weighted by atomic mass is 9.93. The Kier molecular flexibility index (Phi) is 9.24. The smallest absolute Gasteiger partial charge is 0.311 e. The van der Waals surface area contributed by atoms with Gasteiger partial charge in [-0.2, -0.15) is 0 Å². The summed E-state index contributed by atoms with van der Waals surface area (Å²) in [4.78, 5) is 11.4. The molecule has 16 heavy (non-hydrogen) atoms. The molecule has 0 aromatic carbocycles. The summed E-state index contributed by atoms with van der Waals surface area (Å²) >= 11 is 0. The fourth-order valence-corrected chi connectivity index (χ4v) is 1.74. The molecule has 0 bridgehead atoms. The molecule has 0 spiro atoms. The van der Waals surface area contributed by atoms with Crippen molar-refractivity contribution in [2.24, 2.45) is 5.92 Å². The molecule has 0 radical (unpaired) electrons. The number of esters is 1. The fourth-order valence-electron chi connectivity index (χ4n) is 1.74. The Hall–Kier alpha value is -0.610. The van der Waals surface area contributed by atoms with Crippen LogP contribution in [0.25, 0.3) is 0 Å². The highest BCUT2D eigenvalue weighted by molar-refractivity contribution is 5.72. The second kappa shape index (κ2) is 9.60. The van der Waals surface area contributed by atoms with E-state index in [1.54, 1.807) is 0 Å². The molecular formula is C12H24O4. The average molecular weight is 232 g/mol. The van der Waals surface area contributed by atoms with Crippen molar-refractivity contribution in [3.8, 4) is 0 Å². The lowest BCUT2D eigenvalue weighted by Gasteiger charge is -2.19. The maximum atomic E-state index is 11.4. The number of carbonyl (C=O) groups excluding carboxylic acids is 1. The van der Waals surface area contributed by atoms with Crippen molar-refractivity contribution >= 4 is 5.97 Å². The molecular weight excluding hydrogens is 208 g/mol. The van der Waals surface area contributed by atoms with E-state index in [-0.39, 0.29) is 19.0 Å². The molecule has 0 aliphatic heterocycles. The molecule has 2 atom stereocenters. The van der Waals surface area contributed by atoms with E-state index >= 15 is 0 Å². The molecule has 4 heteroatoms. The molecule has 2 N–H and O–H groups in total. The van der Waals surface area contributed by atoms with Gasteiger partial charge in [-0.05, 0) is 12.8 Å². The predicted molar refractivity (Wildman–Crippen MR) is 62.0 cm³/mol. The summed E-state index contributed by atoms with van der Waals surface area (Å²) in [5.74, 6) is -0.869. The van der Waals surface area contributed by atoms with Crippen molar-refractivity contribution in [3.63, 3.8) is 0 Å². The van der Waals surface area contributed by atoms with Crippen LogP contribution in [-0.4, -0.2) is 36.0 Å². The van der Waals surface area contributed by atoms with Crippen LogP contribution in [0.3, 0.4) is 0 Å². The van der Waals surface area contributed by atoms with Gasteiger partial charge in [-0.1, -0.05) is 32.6 Å². The van der Waals surface area contributed by atoms with Gasteiger partial charge in [-0.15, -0.1) is 0 Å². The predicted octanol–water partition coefficient (Wildman–Crippen LogP) is 1.49. The highest BCUT2D eigenvalue weighted by atomic mass is 16.5. The number of aliphatic hydroxyl groups is 2. The third-order valence-electron chi connectivity index (χ3n) is 2.76. The summed E-state index contributed by atoms with van der Waals surface area (Å²) in [6.45, 7) is 2.02. The van der Waals surface area contributed by atoms with Crippen LogP contribution < -0.4 is 0 Å². The molecule has 4 nitrogen and oxygen atoms in total. The lowest BCUT2D eigenvalue weighted by Crippen LogP contribution is -2.30. The van der Waals surface area contributed by atoms with Crippen molar-refractivity contribution in [1.82, 2.24) is 0 Å². The SMILES string of the molecule is CCCCCCC(C(=O)OC)C(O)CCO.